The van der Waals surface area contributed by atoms with Crippen molar-refractivity contribution >= 4 is 40.3 Å². The molecule has 0 bridgehead atoms. The number of ether oxygens (including phenoxy) is 2. The van der Waals surface area contributed by atoms with E-state index < -0.39 is 0 Å². The van der Waals surface area contributed by atoms with Gasteiger partial charge in [-0.05, 0) is 87.0 Å². The summed E-state index contributed by atoms with van der Waals surface area (Å²) in [5.41, 5.74) is 4.19. The van der Waals surface area contributed by atoms with Gasteiger partial charge in [0.1, 0.15) is 21.6 Å². The molecule has 0 spiro atoms. The molecule has 0 N–H and O–H groups in total. The molecule has 0 aliphatic carbocycles. The lowest BCUT2D eigenvalue weighted by molar-refractivity contribution is -0.121. The molecule has 0 unspecified atom stereocenters. The van der Waals surface area contributed by atoms with E-state index in [2.05, 4.69) is 24.5 Å². The van der Waals surface area contributed by atoms with E-state index in [9.17, 15) is 4.79 Å². The van der Waals surface area contributed by atoms with Gasteiger partial charge in [0.25, 0.3) is 5.91 Å². The first kappa shape index (κ1) is 22.2. The number of benzene rings is 2. The van der Waals surface area contributed by atoms with E-state index in [-0.39, 0.29) is 5.91 Å². The Labute approximate surface area is 197 Å². The average Bonchev–Trinajstić information content (AvgIpc) is 3.23. The van der Waals surface area contributed by atoms with Crippen molar-refractivity contribution in [1.82, 2.24) is 9.47 Å². The minimum atomic E-state index is -0.0210. The highest BCUT2D eigenvalue weighted by Gasteiger charge is 2.30. The van der Waals surface area contributed by atoms with Crippen molar-refractivity contribution in [2.24, 2.45) is 0 Å². The molecular formula is C25H24N2O3S2. The van der Waals surface area contributed by atoms with Crippen LogP contribution in [0.5, 0.6) is 17.2 Å². The second kappa shape index (κ2) is 9.22. The van der Waals surface area contributed by atoms with E-state index in [1.54, 1.807) is 12.0 Å². The number of aryl methyl sites for hydroxylation is 1. The Bertz CT molecular complexity index is 1200. The zero-order valence-corrected chi connectivity index (χ0v) is 20.0. The van der Waals surface area contributed by atoms with Gasteiger partial charge in [0, 0.05) is 23.6 Å². The number of likely N-dealkylation sites (N-methyl/N-ethyl adjacent to an activating group) is 1. The molecule has 1 aromatic heterocycles. The number of carbonyl (C=O) groups excluding carboxylic acids is 1. The Hall–Kier alpha value is -3.03. The third kappa shape index (κ3) is 4.31. The quantitative estimate of drug-likeness (QED) is 0.325. The second-order valence-electron chi connectivity index (χ2n) is 7.36. The normalized spacial score (nSPS) is 15.0. The summed E-state index contributed by atoms with van der Waals surface area (Å²) in [5, 5.41) is 0. The average molecular weight is 465 g/mol. The molecular weight excluding hydrogens is 440 g/mol. The summed E-state index contributed by atoms with van der Waals surface area (Å²) in [5.74, 6) is 2.27. The number of aromatic nitrogens is 1. The van der Waals surface area contributed by atoms with Gasteiger partial charge in [0.05, 0.1) is 12.0 Å². The van der Waals surface area contributed by atoms with Crippen molar-refractivity contribution in [2.75, 3.05) is 13.7 Å². The van der Waals surface area contributed by atoms with Gasteiger partial charge < -0.3 is 14.0 Å². The molecule has 1 aliphatic rings. The highest BCUT2D eigenvalue weighted by Crippen LogP contribution is 2.34. The van der Waals surface area contributed by atoms with Gasteiger partial charge in [-0.2, -0.15) is 0 Å². The topological polar surface area (TPSA) is 43.7 Å². The molecule has 2 heterocycles. The van der Waals surface area contributed by atoms with Gasteiger partial charge in [-0.25, -0.2) is 0 Å². The number of amides is 1. The zero-order valence-electron chi connectivity index (χ0n) is 18.4. The van der Waals surface area contributed by atoms with Crippen molar-refractivity contribution in [3.63, 3.8) is 0 Å². The molecule has 1 saturated heterocycles. The minimum Gasteiger partial charge on any atom is -0.497 e. The van der Waals surface area contributed by atoms with E-state index in [1.165, 1.54) is 11.8 Å². The third-order valence-corrected chi connectivity index (χ3v) is 6.71. The molecule has 1 aliphatic heterocycles. The van der Waals surface area contributed by atoms with Crippen molar-refractivity contribution in [3.05, 3.63) is 76.5 Å². The SMILES string of the molecule is CCN1C(=O)/C(=C/c2cc(C)n(-c3ccc(Oc4ccc(OC)cc4)cc3)c2C)SC1=S. The first-order valence-corrected chi connectivity index (χ1v) is 11.5. The maximum absolute atomic E-state index is 12.6. The molecule has 32 heavy (non-hydrogen) atoms. The molecule has 164 valence electrons. The summed E-state index contributed by atoms with van der Waals surface area (Å²) in [4.78, 5) is 14.9. The Balaban J connectivity index is 1.57. The summed E-state index contributed by atoms with van der Waals surface area (Å²) in [6, 6.07) is 17.5. The van der Waals surface area contributed by atoms with Crippen molar-refractivity contribution in [1.29, 1.82) is 0 Å². The van der Waals surface area contributed by atoms with Gasteiger partial charge in [0.2, 0.25) is 0 Å². The van der Waals surface area contributed by atoms with Crippen molar-refractivity contribution in [2.45, 2.75) is 20.8 Å². The van der Waals surface area contributed by atoms with Gasteiger partial charge >= 0.3 is 0 Å². The van der Waals surface area contributed by atoms with Crippen LogP contribution in [0.3, 0.4) is 0 Å². The number of thiocarbonyl (C=S) groups is 1. The summed E-state index contributed by atoms with van der Waals surface area (Å²) in [6.45, 7) is 6.64. The third-order valence-electron chi connectivity index (χ3n) is 5.34. The highest BCUT2D eigenvalue weighted by molar-refractivity contribution is 8.26. The van der Waals surface area contributed by atoms with Crippen LogP contribution in [0.25, 0.3) is 11.8 Å². The predicted molar refractivity (Wildman–Crippen MR) is 134 cm³/mol. The van der Waals surface area contributed by atoms with Crippen LogP contribution in [-0.2, 0) is 4.79 Å². The molecule has 5 nitrogen and oxygen atoms in total. The maximum Gasteiger partial charge on any atom is 0.266 e. The lowest BCUT2D eigenvalue weighted by atomic mass is 10.2. The summed E-state index contributed by atoms with van der Waals surface area (Å²) in [6.07, 6.45) is 1.94. The van der Waals surface area contributed by atoms with Crippen LogP contribution in [0.1, 0.15) is 23.9 Å². The molecule has 2 aromatic carbocycles. The zero-order chi connectivity index (χ0) is 22.8. The van der Waals surface area contributed by atoms with Crippen LogP contribution in [0.4, 0.5) is 0 Å². The fraction of sp³-hybridized carbons (Fsp3) is 0.200. The number of rotatable bonds is 6. The van der Waals surface area contributed by atoms with Crippen molar-refractivity contribution < 1.29 is 14.3 Å². The maximum atomic E-state index is 12.6. The molecule has 1 fully saturated rings. The van der Waals surface area contributed by atoms with Gasteiger partial charge in [0.15, 0.2) is 0 Å². The van der Waals surface area contributed by atoms with Crippen molar-refractivity contribution in [3.8, 4) is 22.9 Å². The standard InChI is InChI=1S/C25H24N2O3S2/c1-5-26-24(28)23(32-25(26)31)15-18-14-16(2)27(17(18)3)19-6-8-21(9-7-19)30-22-12-10-20(29-4)11-13-22/h6-15H,5H2,1-4H3/b23-15-. The lowest BCUT2D eigenvalue weighted by Gasteiger charge is -2.12. The van der Waals surface area contributed by atoms with Crippen LogP contribution < -0.4 is 9.47 Å². The van der Waals surface area contributed by atoms with E-state index >= 15 is 0 Å². The first-order chi connectivity index (χ1) is 15.4. The van der Waals surface area contributed by atoms with E-state index in [0.717, 1.165) is 39.9 Å². The van der Waals surface area contributed by atoms with E-state index in [0.29, 0.717) is 15.8 Å². The minimum absolute atomic E-state index is 0.0210. The number of nitrogens with zero attached hydrogens (tertiary/aromatic N) is 2. The fourth-order valence-corrected chi connectivity index (χ4v) is 5.06. The summed E-state index contributed by atoms with van der Waals surface area (Å²) < 4.78 is 13.9. The van der Waals surface area contributed by atoms with Crippen LogP contribution >= 0.6 is 24.0 Å². The molecule has 7 heteroatoms. The number of hydrogen-bond donors (Lipinski definition) is 0. The Morgan fingerprint density at radius 1 is 1.00 bits per heavy atom. The van der Waals surface area contributed by atoms with Crippen LogP contribution in [0.15, 0.2) is 59.5 Å². The first-order valence-electron chi connectivity index (χ1n) is 10.3. The number of hydrogen-bond acceptors (Lipinski definition) is 5. The monoisotopic (exact) mass is 464 g/mol. The lowest BCUT2D eigenvalue weighted by Crippen LogP contribution is -2.27. The predicted octanol–water partition coefficient (Wildman–Crippen LogP) is 6.12. The van der Waals surface area contributed by atoms with Crippen LogP contribution in [0, 0.1) is 13.8 Å². The Morgan fingerprint density at radius 2 is 1.59 bits per heavy atom. The van der Waals surface area contributed by atoms with Gasteiger partial charge in [-0.3, -0.25) is 9.69 Å². The molecule has 0 saturated carbocycles. The molecule has 4 rings (SSSR count). The second-order valence-corrected chi connectivity index (χ2v) is 9.04. The molecule has 0 atom stereocenters. The Kier molecular flexibility index (Phi) is 6.39. The fourth-order valence-electron chi connectivity index (χ4n) is 3.69. The largest absolute Gasteiger partial charge is 0.497 e. The van der Waals surface area contributed by atoms with E-state index in [1.807, 2.05) is 61.5 Å². The smallest absolute Gasteiger partial charge is 0.266 e. The van der Waals surface area contributed by atoms with Crippen LogP contribution in [-0.4, -0.2) is 33.3 Å². The highest BCUT2D eigenvalue weighted by atomic mass is 32.2. The molecule has 1 amide bonds. The Morgan fingerprint density at radius 3 is 2.16 bits per heavy atom. The summed E-state index contributed by atoms with van der Waals surface area (Å²) >= 11 is 6.69. The van der Waals surface area contributed by atoms with Gasteiger partial charge in [-0.15, -0.1) is 0 Å². The van der Waals surface area contributed by atoms with Crippen LogP contribution in [0.2, 0.25) is 0 Å². The number of methoxy groups -OCH3 is 1. The molecule has 0 radical (unpaired) electrons. The van der Waals surface area contributed by atoms with Gasteiger partial charge in [-0.1, -0.05) is 24.0 Å². The number of carbonyl (C=O) groups is 1. The number of thioether (sulfide) groups is 1. The van der Waals surface area contributed by atoms with E-state index in [4.69, 9.17) is 21.7 Å². The summed E-state index contributed by atoms with van der Waals surface area (Å²) in [7, 11) is 1.64. The molecule has 3 aromatic rings.